The van der Waals surface area contributed by atoms with Gasteiger partial charge in [-0.05, 0) is 12.8 Å². The summed E-state index contributed by atoms with van der Waals surface area (Å²) >= 11 is 1.61. The number of hydrogen-bond acceptors (Lipinski definition) is 5. The van der Waals surface area contributed by atoms with E-state index in [9.17, 15) is 0 Å². The Morgan fingerprint density at radius 2 is 2.47 bits per heavy atom. The molecule has 17 heavy (non-hydrogen) atoms. The van der Waals surface area contributed by atoms with Crippen molar-refractivity contribution in [2.24, 2.45) is 0 Å². The molecule has 0 aromatic carbocycles. The number of ether oxygens (including phenoxy) is 1. The van der Waals surface area contributed by atoms with Crippen LogP contribution in [-0.2, 0) is 6.54 Å². The van der Waals surface area contributed by atoms with Crippen LogP contribution in [0.15, 0.2) is 22.3 Å². The van der Waals surface area contributed by atoms with E-state index in [-0.39, 0.29) is 0 Å². The van der Waals surface area contributed by atoms with Gasteiger partial charge in [-0.25, -0.2) is 4.98 Å². The van der Waals surface area contributed by atoms with Gasteiger partial charge < -0.3 is 14.5 Å². The van der Waals surface area contributed by atoms with E-state index in [0.29, 0.717) is 6.04 Å². The minimum absolute atomic E-state index is 0.678. The molecule has 1 aliphatic carbocycles. The molecule has 2 heterocycles. The van der Waals surface area contributed by atoms with Crippen LogP contribution in [0.3, 0.4) is 0 Å². The van der Waals surface area contributed by atoms with Crippen molar-refractivity contribution in [1.82, 2.24) is 10.3 Å². The molecule has 0 atom stereocenters. The average molecular weight is 250 g/mol. The molecule has 0 bridgehead atoms. The van der Waals surface area contributed by atoms with Crippen molar-refractivity contribution in [3.05, 3.63) is 23.5 Å². The molecule has 2 aromatic rings. The number of aromatic nitrogens is 1. The second kappa shape index (κ2) is 4.50. The van der Waals surface area contributed by atoms with Gasteiger partial charge in [0.2, 0.25) is 0 Å². The summed E-state index contributed by atoms with van der Waals surface area (Å²) in [5.74, 6) is 1.72. The zero-order chi connectivity index (χ0) is 11.7. The lowest BCUT2D eigenvalue weighted by Gasteiger charge is -2.00. The summed E-state index contributed by atoms with van der Waals surface area (Å²) in [5, 5.41) is 5.41. The van der Waals surface area contributed by atoms with Crippen LogP contribution in [0.25, 0.3) is 10.6 Å². The summed E-state index contributed by atoms with van der Waals surface area (Å²) in [7, 11) is 1.67. The van der Waals surface area contributed by atoms with E-state index in [1.165, 1.54) is 19.2 Å². The topological polar surface area (TPSA) is 47.3 Å². The molecule has 0 saturated heterocycles. The van der Waals surface area contributed by atoms with Crippen molar-refractivity contribution >= 4 is 11.3 Å². The highest BCUT2D eigenvalue weighted by molar-refractivity contribution is 7.13. The summed E-state index contributed by atoms with van der Waals surface area (Å²) in [4.78, 5) is 5.33. The molecule has 0 spiro atoms. The Kier molecular flexibility index (Phi) is 2.86. The maximum absolute atomic E-state index is 5.46. The van der Waals surface area contributed by atoms with Crippen molar-refractivity contribution in [3.8, 4) is 16.4 Å². The Morgan fingerprint density at radius 3 is 3.18 bits per heavy atom. The Hall–Kier alpha value is -1.33. The lowest BCUT2D eigenvalue weighted by atomic mass is 10.3. The molecule has 90 valence electrons. The van der Waals surface area contributed by atoms with Gasteiger partial charge >= 0.3 is 0 Å². The van der Waals surface area contributed by atoms with Gasteiger partial charge in [-0.2, -0.15) is 0 Å². The molecular weight excluding hydrogens is 236 g/mol. The predicted octanol–water partition coefficient (Wildman–Crippen LogP) is 2.66. The van der Waals surface area contributed by atoms with Crippen molar-refractivity contribution < 1.29 is 9.15 Å². The molecule has 1 aliphatic rings. The normalized spacial score (nSPS) is 15.1. The summed E-state index contributed by atoms with van der Waals surface area (Å²) in [6.07, 6.45) is 4.06. The maximum atomic E-state index is 5.46. The predicted molar refractivity (Wildman–Crippen MR) is 66.2 cm³/mol. The quantitative estimate of drug-likeness (QED) is 0.886. The molecule has 0 radical (unpaired) electrons. The summed E-state index contributed by atoms with van der Waals surface area (Å²) in [5.41, 5.74) is 0.974. The maximum Gasteiger partial charge on any atom is 0.181 e. The van der Waals surface area contributed by atoms with Crippen LogP contribution in [-0.4, -0.2) is 18.1 Å². The third kappa shape index (κ3) is 2.35. The molecular formula is C12H14N2O2S. The molecule has 1 fully saturated rings. The monoisotopic (exact) mass is 250 g/mol. The Morgan fingerprint density at radius 1 is 1.59 bits per heavy atom. The molecule has 1 saturated carbocycles. The Bertz CT molecular complexity index is 502. The number of nitrogens with zero attached hydrogens (tertiary/aromatic N) is 1. The molecule has 0 unspecified atom stereocenters. The molecule has 5 heteroatoms. The first kappa shape index (κ1) is 10.8. The molecule has 3 rings (SSSR count). The molecule has 0 aliphatic heterocycles. The number of hydrogen-bond donors (Lipinski definition) is 1. The highest BCUT2D eigenvalue weighted by Crippen LogP contribution is 2.33. The Labute approximate surface area is 104 Å². The fourth-order valence-electron chi connectivity index (χ4n) is 1.67. The number of nitrogens with one attached hydrogen (secondary N) is 1. The van der Waals surface area contributed by atoms with E-state index < -0.39 is 0 Å². The molecule has 0 amide bonds. The van der Waals surface area contributed by atoms with E-state index in [1.807, 2.05) is 11.4 Å². The first-order chi connectivity index (χ1) is 8.36. The zero-order valence-electron chi connectivity index (χ0n) is 9.60. The van der Waals surface area contributed by atoms with E-state index in [1.54, 1.807) is 18.4 Å². The highest BCUT2D eigenvalue weighted by atomic mass is 32.1. The fraction of sp³-hybridized carbons (Fsp3) is 0.417. The standard InChI is InChI=1S/C12H14N2O2S/c1-15-9-4-11(17-6-9)12-10(14-7-16-12)5-13-8-2-3-8/h4,6-8,13H,2-3,5H2,1H3. The minimum Gasteiger partial charge on any atom is -0.496 e. The van der Waals surface area contributed by atoms with Gasteiger partial charge in [-0.15, -0.1) is 11.3 Å². The smallest absolute Gasteiger partial charge is 0.181 e. The average Bonchev–Trinajstić information content (AvgIpc) is 2.89. The fourth-order valence-corrected chi connectivity index (χ4v) is 2.53. The van der Waals surface area contributed by atoms with Crippen LogP contribution in [0.2, 0.25) is 0 Å². The second-order valence-corrected chi connectivity index (χ2v) is 5.05. The van der Waals surface area contributed by atoms with Crippen LogP contribution in [0.5, 0.6) is 5.75 Å². The van der Waals surface area contributed by atoms with Gasteiger partial charge in [0.1, 0.15) is 11.4 Å². The van der Waals surface area contributed by atoms with Gasteiger partial charge in [0.05, 0.1) is 12.0 Å². The van der Waals surface area contributed by atoms with Gasteiger partial charge in [-0.3, -0.25) is 0 Å². The van der Waals surface area contributed by atoms with Crippen molar-refractivity contribution in [1.29, 1.82) is 0 Å². The number of rotatable bonds is 5. The third-order valence-corrected chi connectivity index (χ3v) is 3.72. The van der Waals surface area contributed by atoms with Gasteiger partial charge in [0.25, 0.3) is 0 Å². The first-order valence-electron chi connectivity index (χ1n) is 5.65. The Balaban J connectivity index is 1.78. The van der Waals surface area contributed by atoms with Crippen LogP contribution in [0, 0.1) is 0 Å². The van der Waals surface area contributed by atoms with Crippen LogP contribution >= 0.6 is 11.3 Å². The van der Waals surface area contributed by atoms with Crippen molar-refractivity contribution in [2.45, 2.75) is 25.4 Å². The van der Waals surface area contributed by atoms with Gasteiger partial charge in [-0.1, -0.05) is 0 Å². The van der Waals surface area contributed by atoms with Gasteiger partial charge in [0.15, 0.2) is 12.2 Å². The van der Waals surface area contributed by atoms with E-state index in [0.717, 1.165) is 28.6 Å². The van der Waals surface area contributed by atoms with Crippen molar-refractivity contribution in [2.75, 3.05) is 7.11 Å². The summed E-state index contributed by atoms with van der Waals surface area (Å²) in [6, 6.07) is 2.66. The summed E-state index contributed by atoms with van der Waals surface area (Å²) < 4.78 is 10.6. The second-order valence-electron chi connectivity index (χ2n) is 4.13. The van der Waals surface area contributed by atoms with Crippen LogP contribution in [0.1, 0.15) is 18.5 Å². The summed E-state index contributed by atoms with van der Waals surface area (Å²) in [6.45, 7) is 0.775. The largest absolute Gasteiger partial charge is 0.496 e. The number of methoxy groups -OCH3 is 1. The van der Waals surface area contributed by atoms with Crippen molar-refractivity contribution in [3.63, 3.8) is 0 Å². The van der Waals surface area contributed by atoms with E-state index >= 15 is 0 Å². The van der Waals surface area contributed by atoms with Crippen LogP contribution < -0.4 is 10.1 Å². The first-order valence-corrected chi connectivity index (χ1v) is 6.53. The lowest BCUT2D eigenvalue weighted by Crippen LogP contribution is -2.15. The molecule has 1 N–H and O–H groups in total. The lowest BCUT2D eigenvalue weighted by molar-refractivity contribution is 0.416. The van der Waals surface area contributed by atoms with Crippen LogP contribution in [0.4, 0.5) is 0 Å². The number of oxazole rings is 1. The minimum atomic E-state index is 0.678. The SMILES string of the molecule is COc1csc(-c2ocnc2CNC2CC2)c1. The van der Waals surface area contributed by atoms with Gasteiger partial charge in [0, 0.05) is 24.0 Å². The van der Waals surface area contributed by atoms with E-state index in [2.05, 4.69) is 10.3 Å². The third-order valence-electron chi connectivity index (χ3n) is 2.81. The zero-order valence-corrected chi connectivity index (χ0v) is 10.4. The molecule has 2 aromatic heterocycles. The highest BCUT2D eigenvalue weighted by Gasteiger charge is 2.22. The molecule has 4 nitrogen and oxygen atoms in total. The van der Waals surface area contributed by atoms with E-state index in [4.69, 9.17) is 9.15 Å². The number of thiophene rings is 1.